The van der Waals surface area contributed by atoms with Gasteiger partial charge in [0.2, 0.25) is 0 Å². The van der Waals surface area contributed by atoms with Crippen molar-refractivity contribution in [2.45, 2.75) is 20.4 Å². The number of rotatable bonds is 6. The Morgan fingerprint density at radius 1 is 1.45 bits per heavy atom. The summed E-state index contributed by atoms with van der Waals surface area (Å²) in [6.07, 6.45) is 3.47. The van der Waals surface area contributed by atoms with Gasteiger partial charge in [0, 0.05) is 33.0 Å². The lowest BCUT2D eigenvalue weighted by Gasteiger charge is -2.28. The second kappa shape index (κ2) is 6.93. The van der Waals surface area contributed by atoms with E-state index >= 15 is 0 Å². The van der Waals surface area contributed by atoms with Gasteiger partial charge >= 0.3 is 12.0 Å². The zero-order valence-corrected chi connectivity index (χ0v) is 12.4. The van der Waals surface area contributed by atoms with Gasteiger partial charge < -0.3 is 19.5 Å². The molecule has 0 radical (unpaired) electrons. The van der Waals surface area contributed by atoms with E-state index in [0.717, 1.165) is 5.82 Å². The van der Waals surface area contributed by atoms with Gasteiger partial charge in [-0.05, 0) is 5.92 Å². The van der Waals surface area contributed by atoms with Gasteiger partial charge in [-0.3, -0.25) is 4.79 Å². The van der Waals surface area contributed by atoms with Crippen molar-refractivity contribution in [2.75, 3.05) is 20.1 Å². The van der Waals surface area contributed by atoms with Crippen LogP contribution in [-0.2, 0) is 18.4 Å². The molecule has 0 aromatic carbocycles. The Hall–Kier alpha value is -2.05. The van der Waals surface area contributed by atoms with E-state index in [1.165, 1.54) is 9.80 Å². The third-order valence-electron chi connectivity index (χ3n) is 2.81. The number of amides is 2. The molecule has 20 heavy (non-hydrogen) atoms. The third-order valence-corrected chi connectivity index (χ3v) is 2.81. The Kier molecular flexibility index (Phi) is 5.54. The van der Waals surface area contributed by atoms with Gasteiger partial charge in [0.25, 0.3) is 0 Å². The largest absolute Gasteiger partial charge is 0.480 e. The van der Waals surface area contributed by atoms with Gasteiger partial charge in [0.15, 0.2) is 0 Å². The second-order valence-corrected chi connectivity index (χ2v) is 5.26. The molecule has 1 aromatic rings. The van der Waals surface area contributed by atoms with Crippen LogP contribution in [0.15, 0.2) is 12.4 Å². The summed E-state index contributed by atoms with van der Waals surface area (Å²) in [6.45, 7) is 4.36. The molecule has 0 saturated carbocycles. The van der Waals surface area contributed by atoms with Gasteiger partial charge in [-0.25, -0.2) is 9.78 Å². The summed E-state index contributed by atoms with van der Waals surface area (Å²) in [5, 5.41) is 8.90. The summed E-state index contributed by atoms with van der Waals surface area (Å²) in [5.41, 5.74) is 0. The summed E-state index contributed by atoms with van der Waals surface area (Å²) in [7, 11) is 3.50. The Balaban J connectivity index is 2.72. The van der Waals surface area contributed by atoms with Crippen LogP contribution in [0.5, 0.6) is 0 Å². The van der Waals surface area contributed by atoms with Gasteiger partial charge in [-0.15, -0.1) is 0 Å². The fraction of sp³-hybridized carbons (Fsp3) is 0.615. The SMILES string of the molecule is CC(C)CN(CC(=O)O)C(=O)N(C)Cc1nccn1C. The first-order chi connectivity index (χ1) is 9.31. The Bertz CT molecular complexity index is 470. The van der Waals surface area contributed by atoms with Crippen molar-refractivity contribution >= 4 is 12.0 Å². The van der Waals surface area contributed by atoms with Gasteiger partial charge in [0.1, 0.15) is 12.4 Å². The van der Waals surface area contributed by atoms with Crippen molar-refractivity contribution < 1.29 is 14.7 Å². The Morgan fingerprint density at radius 2 is 2.10 bits per heavy atom. The van der Waals surface area contributed by atoms with Crippen molar-refractivity contribution in [3.8, 4) is 0 Å². The molecule has 0 saturated heterocycles. The van der Waals surface area contributed by atoms with Gasteiger partial charge in [-0.2, -0.15) is 0 Å². The van der Waals surface area contributed by atoms with Gasteiger partial charge in [-0.1, -0.05) is 13.8 Å². The van der Waals surface area contributed by atoms with E-state index < -0.39 is 5.97 Å². The first-order valence-corrected chi connectivity index (χ1v) is 6.49. The molecule has 0 fully saturated rings. The first-order valence-electron chi connectivity index (χ1n) is 6.49. The summed E-state index contributed by atoms with van der Waals surface area (Å²) in [4.78, 5) is 30.1. The lowest BCUT2D eigenvalue weighted by Crippen LogP contribution is -2.45. The van der Waals surface area contributed by atoms with E-state index in [1.807, 2.05) is 25.5 Å². The van der Waals surface area contributed by atoms with Crippen LogP contribution >= 0.6 is 0 Å². The van der Waals surface area contributed by atoms with Crippen LogP contribution in [0.2, 0.25) is 0 Å². The van der Waals surface area contributed by atoms with Crippen LogP contribution in [0.3, 0.4) is 0 Å². The molecular formula is C13H22N4O3. The maximum atomic E-state index is 12.3. The van der Waals surface area contributed by atoms with Crippen molar-refractivity contribution in [2.24, 2.45) is 13.0 Å². The van der Waals surface area contributed by atoms with E-state index in [1.54, 1.807) is 19.4 Å². The number of aliphatic carboxylic acids is 1. The average molecular weight is 282 g/mol. The smallest absolute Gasteiger partial charge is 0.323 e. The Morgan fingerprint density at radius 3 is 2.55 bits per heavy atom. The zero-order chi connectivity index (χ0) is 15.3. The fourth-order valence-electron chi connectivity index (χ4n) is 1.88. The molecule has 7 heteroatoms. The minimum absolute atomic E-state index is 0.208. The van der Waals surface area contributed by atoms with Crippen molar-refractivity contribution in [1.29, 1.82) is 0 Å². The third kappa shape index (κ3) is 4.56. The van der Waals surface area contributed by atoms with Crippen LogP contribution in [0.25, 0.3) is 0 Å². The average Bonchev–Trinajstić information content (AvgIpc) is 2.72. The molecule has 0 aliphatic rings. The lowest BCUT2D eigenvalue weighted by atomic mass is 10.2. The topological polar surface area (TPSA) is 78.7 Å². The summed E-state index contributed by atoms with van der Waals surface area (Å²) in [6, 6.07) is -0.302. The zero-order valence-electron chi connectivity index (χ0n) is 12.4. The van der Waals surface area contributed by atoms with E-state index in [2.05, 4.69) is 4.98 Å². The molecule has 0 bridgehead atoms. The number of urea groups is 1. The van der Waals surface area contributed by atoms with Gasteiger partial charge in [0.05, 0.1) is 6.54 Å². The molecule has 0 unspecified atom stereocenters. The molecular weight excluding hydrogens is 260 g/mol. The number of hydrogen-bond donors (Lipinski definition) is 1. The quantitative estimate of drug-likeness (QED) is 0.844. The van der Waals surface area contributed by atoms with Crippen LogP contribution in [0.4, 0.5) is 4.79 Å². The monoisotopic (exact) mass is 282 g/mol. The summed E-state index contributed by atoms with van der Waals surface area (Å²) in [5.74, 6) is -0.0510. The standard InChI is InChI=1S/C13H22N4O3/c1-10(2)7-17(9-12(18)19)13(20)16(4)8-11-14-5-6-15(11)3/h5-6,10H,7-9H2,1-4H3,(H,18,19). The maximum absolute atomic E-state index is 12.3. The van der Waals surface area contributed by atoms with Crippen LogP contribution in [0.1, 0.15) is 19.7 Å². The molecule has 7 nitrogen and oxygen atoms in total. The molecule has 0 aliphatic heterocycles. The molecule has 0 spiro atoms. The molecule has 2 amide bonds. The van der Waals surface area contributed by atoms with Crippen LogP contribution < -0.4 is 0 Å². The summed E-state index contributed by atoms with van der Waals surface area (Å²) < 4.78 is 1.83. The van der Waals surface area contributed by atoms with Crippen molar-refractivity contribution in [3.63, 3.8) is 0 Å². The number of carbonyl (C=O) groups is 2. The summed E-state index contributed by atoms with van der Waals surface area (Å²) >= 11 is 0. The minimum Gasteiger partial charge on any atom is -0.480 e. The number of nitrogens with zero attached hydrogens (tertiary/aromatic N) is 4. The van der Waals surface area contributed by atoms with E-state index in [0.29, 0.717) is 13.1 Å². The van der Waals surface area contributed by atoms with Crippen LogP contribution in [0, 0.1) is 5.92 Å². The van der Waals surface area contributed by atoms with Crippen molar-refractivity contribution in [1.82, 2.24) is 19.4 Å². The predicted octanol–water partition coefficient (Wildman–Crippen LogP) is 1.01. The van der Waals surface area contributed by atoms with E-state index in [9.17, 15) is 9.59 Å². The van der Waals surface area contributed by atoms with E-state index in [-0.39, 0.29) is 18.5 Å². The number of hydrogen-bond acceptors (Lipinski definition) is 3. The predicted molar refractivity (Wildman–Crippen MR) is 74.1 cm³/mol. The molecule has 1 heterocycles. The highest BCUT2D eigenvalue weighted by atomic mass is 16.4. The fourth-order valence-corrected chi connectivity index (χ4v) is 1.88. The number of aromatic nitrogens is 2. The number of carboxylic acid groups (broad SMARTS) is 1. The lowest BCUT2D eigenvalue weighted by molar-refractivity contribution is -0.137. The highest BCUT2D eigenvalue weighted by Crippen LogP contribution is 2.06. The molecule has 1 aromatic heterocycles. The van der Waals surface area contributed by atoms with Crippen molar-refractivity contribution in [3.05, 3.63) is 18.2 Å². The normalized spacial score (nSPS) is 10.7. The number of carbonyl (C=O) groups excluding carboxylic acids is 1. The number of carboxylic acids is 1. The minimum atomic E-state index is -1.01. The maximum Gasteiger partial charge on any atom is 0.323 e. The molecule has 0 aliphatic carbocycles. The van der Waals surface area contributed by atoms with E-state index in [4.69, 9.17) is 5.11 Å². The molecule has 1 rings (SSSR count). The molecule has 1 N–H and O–H groups in total. The highest BCUT2D eigenvalue weighted by Gasteiger charge is 2.22. The van der Waals surface area contributed by atoms with Crippen LogP contribution in [-0.4, -0.2) is 56.6 Å². The number of aryl methyl sites for hydroxylation is 1. The Labute approximate surface area is 118 Å². The second-order valence-electron chi connectivity index (χ2n) is 5.26. The first kappa shape index (κ1) is 16.0. The molecule has 112 valence electrons. The highest BCUT2D eigenvalue weighted by molar-refractivity contribution is 5.80. The number of imidazole rings is 1. The molecule has 0 atom stereocenters.